The van der Waals surface area contributed by atoms with Crippen LogP contribution in [0.15, 0.2) is 54.7 Å². The van der Waals surface area contributed by atoms with E-state index in [-0.39, 0.29) is 25.0 Å². The first-order chi connectivity index (χ1) is 12.8. The Morgan fingerprint density at radius 2 is 1.82 bits per heavy atom. The predicted octanol–water partition coefficient (Wildman–Crippen LogP) is 2.27. The molecule has 0 radical (unpaired) electrons. The maximum absolute atomic E-state index is 10.7. The van der Waals surface area contributed by atoms with Gasteiger partial charge in [0.15, 0.2) is 5.96 Å². The van der Waals surface area contributed by atoms with E-state index in [9.17, 15) is 4.57 Å². The van der Waals surface area contributed by atoms with E-state index >= 15 is 0 Å². The van der Waals surface area contributed by atoms with Crippen LogP contribution in [0.3, 0.4) is 0 Å². The Morgan fingerprint density at radius 1 is 1.18 bits per heavy atom. The number of phosphoric acid groups is 1. The summed E-state index contributed by atoms with van der Waals surface area (Å²) < 4.78 is 16.8. The van der Waals surface area contributed by atoms with Gasteiger partial charge in [0.25, 0.3) is 0 Å². The third-order valence-electron chi connectivity index (χ3n) is 3.55. The van der Waals surface area contributed by atoms with Gasteiger partial charge < -0.3 is 20.8 Å². The molecule has 0 spiro atoms. The van der Waals surface area contributed by atoms with Gasteiger partial charge in [-0.1, -0.05) is 29.5 Å². The van der Waals surface area contributed by atoms with Crippen molar-refractivity contribution in [1.29, 1.82) is 5.41 Å². The van der Waals surface area contributed by atoms with Crippen molar-refractivity contribution in [3.8, 4) is 16.9 Å². The van der Waals surface area contributed by atoms with Gasteiger partial charge in [0.1, 0.15) is 5.69 Å². The zero-order valence-corrected chi connectivity index (χ0v) is 16.1. The molecule has 0 aliphatic heterocycles. The van der Waals surface area contributed by atoms with E-state index in [0.29, 0.717) is 16.9 Å². The molecule has 28 heavy (non-hydrogen) atoms. The van der Waals surface area contributed by atoms with Gasteiger partial charge in [0.2, 0.25) is 0 Å². The van der Waals surface area contributed by atoms with E-state index in [1.54, 1.807) is 47.3 Å². The van der Waals surface area contributed by atoms with Gasteiger partial charge >= 0.3 is 7.82 Å². The van der Waals surface area contributed by atoms with Crippen molar-refractivity contribution >= 4 is 31.9 Å². The molecule has 3 rings (SSSR count). The number of nitrogens with zero attached hydrogens (tertiary/aromatic N) is 3. The summed E-state index contributed by atoms with van der Waals surface area (Å²) in [5.74, 6) is -0.136. The molecule has 0 atom stereocenters. The van der Waals surface area contributed by atoms with Gasteiger partial charge in [-0.2, -0.15) is 0 Å². The van der Waals surface area contributed by atoms with Crippen LogP contribution in [0.1, 0.15) is 5.56 Å². The highest BCUT2D eigenvalue weighted by atomic mass is 35.5. The number of phosphoric ester groups is 1. The molecule has 0 amide bonds. The quantitative estimate of drug-likeness (QED) is 0.229. The van der Waals surface area contributed by atoms with Crippen LogP contribution in [-0.2, 0) is 15.7 Å². The molecule has 1 heterocycles. The number of nitrogens with one attached hydrogen (secondary N) is 2. The molecule has 10 nitrogen and oxygen atoms in total. The van der Waals surface area contributed by atoms with Gasteiger partial charge in [-0.3, -0.25) is 9.93 Å². The first-order valence-corrected chi connectivity index (χ1v) is 9.26. The summed E-state index contributed by atoms with van der Waals surface area (Å²) in [4.78, 5) is 17.5. The van der Waals surface area contributed by atoms with Crippen LogP contribution in [0.4, 0.5) is 5.69 Å². The highest BCUT2D eigenvalue weighted by Crippen LogP contribution is 2.36. The van der Waals surface area contributed by atoms with Crippen molar-refractivity contribution in [3.05, 3.63) is 60.3 Å². The van der Waals surface area contributed by atoms with Crippen molar-refractivity contribution in [2.24, 2.45) is 5.73 Å². The number of guanidine groups is 1. The van der Waals surface area contributed by atoms with E-state index < -0.39 is 7.82 Å². The van der Waals surface area contributed by atoms with Gasteiger partial charge in [-0.05, 0) is 29.8 Å². The fourth-order valence-corrected chi connectivity index (χ4v) is 2.62. The van der Waals surface area contributed by atoms with Crippen molar-refractivity contribution in [2.45, 2.75) is 6.61 Å². The minimum absolute atomic E-state index is 0. The van der Waals surface area contributed by atoms with Crippen molar-refractivity contribution < 1.29 is 18.9 Å². The van der Waals surface area contributed by atoms with E-state index in [0.717, 1.165) is 11.3 Å². The highest BCUT2D eigenvalue weighted by molar-refractivity contribution is 7.46. The van der Waals surface area contributed by atoms with Crippen LogP contribution in [0.25, 0.3) is 16.9 Å². The number of anilines is 1. The van der Waals surface area contributed by atoms with Crippen molar-refractivity contribution in [3.63, 3.8) is 0 Å². The maximum atomic E-state index is 10.7. The molecule has 3 aromatic rings. The molecular weight excluding hydrogens is 407 g/mol. The number of nitrogens with two attached hydrogens (primary N) is 1. The number of hydrogen-bond donors (Lipinski definition) is 5. The highest BCUT2D eigenvalue weighted by Gasteiger charge is 2.13. The Bertz CT molecular complexity index is 987. The second-order valence-electron chi connectivity index (χ2n) is 5.59. The lowest BCUT2D eigenvalue weighted by Gasteiger charge is -2.06. The van der Waals surface area contributed by atoms with E-state index in [1.165, 1.54) is 0 Å². The molecule has 0 aliphatic carbocycles. The minimum atomic E-state index is -4.49. The smallest absolute Gasteiger partial charge is 0.370 e. The standard InChI is InChI=1S/C16H17N6O4P.ClH/c17-16(18)19-13-5-3-12(4-6-13)15-9-22(21-20-15)14-7-1-11(2-8-14)10-26-27(23,24)25;/h1-9H,10H2,(H4,17,18,19)(H2,23,24,25);1H. The van der Waals surface area contributed by atoms with Gasteiger partial charge in [0, 0.05) is 11.3 Å². The molecule has 0 unspecified atom stereocenters. The molecule has 0 bridgehead atoms. The fraction of sp³-hybridized carbons (Fsp3) is 0.0625. The minimum Gasteiger partial charge on any atom is -0.370 e. The molecule has 0 aliphatic rings. The van der Waals surface area contributed by atoms with Crippen molar-refractivity contribution in [1.82, 2.24) is 15.0 Å². The van der Waals surface area contributed by atoms with Crippen LogP contribution in [-0.4, -0.2) is 30.7 Å². The normalized spacial score (nSPS) is 10.9. The van der Waals surface area contributed by atoms with Crippen molar-refractivity contribution in [2.75, 3.05) is 5.32 Å². The zero-order chi connectivity index (χ0) is 19.4. The number of rotatable bonds is 6. The van der Waals surface area contributed by atoms with E-state index in [1.807, 2.05) is 12.1 Å². The monoisotopic (exact) mass is 424 g/mol. The zero-order valence-electron chi connectivity index (χ0n) is 14.4. The summed E-state index contributed by atoms with van der Waals surface area (Å²) in [6.45, 7) is -0.187. The Hall–Kier alpha value is -2.75. The summed E-state index contributed by atoms with van der Waals surface area (Å²) >= 11 is 0. The second-order valence-corrected chi connectivity index (χ2v) is 6.83. The van der Waals surface area contributed by atoms with Gasteiger partial charge in [-0.15, -0.1) is 17.5 Å². The molecule has 6 N–H and O–H groups in total. The van der Waals surface area contributed by atoms with E-state index in [4.69, 9.17) is 20.9 Å². The molecule has 12 heteroatoms. The Labute approximate surface area is 166 Å². The lowest BCUT2D eigenvalue weighted by Crippen LogP contribution is -2.20. The molecular formula is C16H18ClN6O4P. The topological polar surface area (TPSA) is 159 Å². The lowest BCUT2D eigenvalue weighted by atomic mass is 10.1. The molecule has 0 fully saturated rings. The SMILES string of the molecule is Cl.N=C(N)Nc1ccc(-c2cn(-c3ccc(COP(=O)(O)O)cc3)nn2)cc1. The summed E-state index contributed by atoms with van der Waals surface area (Å²) in [5, 5.41) is 18.1. The fourth-order valence-electron chi connectivity index (χ4n) is 2.31. The third-order valence-corrected chi connectivity index (χ3v) is 4.02. The average molecular weight is 425 g/mol. The van der Waals surface area contributed by atoms with Crippen LogP contribution < -0.4 is 11.1 Å². The largest absolute Gasteiger partial charge is 0.469 e. The number of aromatic nitrogens is 3. The molecule has 148 valence electrons. The third kappa shape index (κ3) is 5.88. The summed E-state index contributed by atoms with van der Waals surface area (Å²) in [7, 11) is -4.49. The first kappa shape index (κ1) is 21.5. The molecule has 1 aromatic heterocycles. The van der Waals surface area contributed by atoms with Crippen LogP contribution >= 0.6 is 20.2 Å². The Morgan fingerprint density at radius 3 is 2.39 bits per heavy atom. The maximum Gasteiger partial charge on any atom is 0.469 e. The first-order valence-electron chi connectivity index (χ1n) is 7.73. The van der Waals surface area contributed by atoms with Gasteiger partial charge in [0.05, 0.1) is 18.5 Å². The second kappa shape index (κ2) is 8.96. The lowest BCUT2D eigenvalue weighted by molar-refractivity contribution is 0.189. The Balaban J connectivity index is 0.00000280. The van der Waals surface area contributed by atoms with Crippen LogP contribution in [0.5, 0.6) is 0 Å². The van der Waals surface area contributed by atoms with E-state index in [2.05, 4.69) is 20.2 Å². The Kier molecular flexibility index (Phi) is 6.90. The average Bonchev–Trinajstić information content (AvgIpc) is 3.10. The summed E-state index contributed by atoms with van der Waals surface area (Å²) in [6, 6.07) is 14.1. The number of benzene rings is 2. The number of halogens is 1. The number of hydrogen-bond acceptors (Lipinski definition) is 5. The molecule has 0 saturated carbocycles. The van der Waals surface area contributed by atoms with Crippen LogP contribution in [0.2, 0.25) is 0 Å². The van der Waals surface area contributed by atoms with Gasteiger partial charge in [-0.25, -0.2) is 9.25 Å². The summed E-state index contributed by atoms with van der Waals surface area (Å²) in [6.07, 6.45) is 1.76. The molecule has 2 aromatic carbocycles. The summed E-state index contributed by atoms with van der Waals surface area (Å²) in [5.41, 5.74) is 8.87. The molecule has 0 saturated heterocycles. The predicted molar refractivity (Wildman–Crippen MR) is 106 cm³/mol. The van der Waals surface area contributed by atoms with Crippen LogP contribution in [0, 0.1) is 5.41 Å².